The molecule has 22 heteroatoms. The van der Waals surface area contributed by atoms with Crippen molar-refractivity contribution in [2.75, 3.05) is 28.2 Å². The fourth-order valence-electron chi connectivity index (χ4n) is 10.9. The third-order valence-corrected chi connectivity index (χ3v) is 16.0. The molecule has 1 aliphatic heterocycles. The number of likely N-dealkylation sites (N-methyl/N-ethyl adjacent to an activating group) is 4. The Labute approximate surface area is 527 Å². The Morgan fingerprint density at radius 2 is 0.678 bits per heavy atom. The van der Waals surface area contributed by atoms with E-state index in [0.29, 0.717) is 24.2 Å². The molecule has 0 N–H and O–H groups in total. The van der Waals surface area contributed by atoms with E-state index in [1.54, 1.807) is 58.7 Å². The van der Waals surface area contributed by atoms with Crippen LogP contribution in [0.3, 0.4) is 0 Å². The van der Waals surface area contributed by atoms with Crippen LogP contribution < -0.4 is 0 Å². The number of furan rings is 2. The molecule has 6 aromatic rings. The highest BCUT2D eigenvalue weighted by atomic mass is 16.6. The fourth-order valence-corrected chi connectivity index (χ4v) is 10.9. The number of hydrogen-bond acceptors (Lipinski definition) is 16. The van der Waals surface area contributed by atoms with E-state index in [9.17, 15) is 28.8 Å². The van der Waals surface area contributed by atoms with Gasteiger partial charge < -0.3 is 47.4 Å². The third kappa shape index (κ3) is 18.2. The van der Waals surface area contributed by atoms with Crippen molar-refractivity contribution in [3.05, 3.63) is 132 Å². The van der Waals surface area contributed by atoms with Gasteiger partial charge in [0.1, 0.15) is 24.2 Å². The molecule has 5 heterocycles. The molecular weight excluding hydrogens is 1150 g/mol. The second-order valence-electron chi connectivity index (χ2n) is 25.2. The maximum Gasteiger partial charge on any atom is 0.329 e. The van der Waals surface area contributed by atoms with E-state index in [0.717, 1.165) is 53.2 Å². The summed E-state index contributed by atoms with van der Waals surface area (Å²) in [6.45, 7) is 18.3. The van der Waals surface area contributed by atoms with Gasteiger partial charge in [0.05, 0.1) is 49.5 Å². The lowest BCUT2D eigenvalue weighted by molar-refractivity contribution is -0.176. The highest BCUT2D eigenvalue weighted by Gasteiger charge is 2.43. The Morgan fingerprint density at radius 1 is 0.389 bits per heavy atom. The number of amides is 4. The Morgan fingerprint density at radius 3 is 0.967 bits per heavy atom. The van der Waals surface area contributed by atoms with Gasteiger partial charge in [0.2, 0.25) is 0 Å². The van der Waals surface area contributed by atoms with Crippen molar-refractivity contribution in [2.24, 2.45) is 23.7 Å². The third-order valence-electron chi connectivity index (χ3n) is 16.0. The zero-order chi connectivity index (χ0) is 65.7. The number of aromatic nitrogens is 4. The molecule has 0 spiro atoms. The average Bonchev–Trinajstić information content (AvgIpc) is 1.30. The molecule has 8 atom stereocenters. The van der Waals surface area contributed by atoms with Crippen LogP contribution in [0.5, 0.6) is 0 Å². The summed E-state index contributed by atoms with van der Waals surface area (Å²) in [4.78, 5) is 123. The molecule has 7 rings (SSSR count). The van der Waals surface area contributed by atoms with Gasteiger partial charge in [-0.15, -0.1) is 0 Å². The number of rotatable bonds is 18. The second kappa shape index (κ2) is 31.1. The fraction of sp³-hybridized carbons (Fsp3) is 0.500. The van der Waals surface area contributed by atoms with Crippen LogP contribution in [-0.4, -0.2) is 163 Å². The average molecular weight is 1240 g/mol. The first-order valence-corrected chi connectivity index (χ1v) is 30.8. The first-order valence-electron chi connectivity index (χ1n) is 30.8. The largest absolute Gasteiger partial charge is 0.472 e. The van der Waals surface area contributed by atoms with Crippen LogP contribution in [0.15, 0.2) is 119 Å². The van der Waals surface area contributed by atoms with Crippen molar-refractivity contribution >= 4 is 47.5 Å². The lowest BCUT2D eigenvalue weighted by Gasteiger charge is -2.35. The molecule has 4 aromatic heterocycles. The van der Waals surface area contributed by atoms with E-state index < -0.39 is 96.1 Å². The van der Waals surface area contributed by atoms with E-state index in [2.05, 4.69) is 10.2 Å². The van der Waals surface area contributed by atoms with E-state index in [4.69, 9.17) is 27.8 Å². The number of benzene rings is 2. The SMILES string of the molecule is CC(C)C[C@H]1C(=O)O[C@H](Cc2ccc(Cn3ccc(-c4ccoc4)n3)cc2)C(=O)N(C)[C@@H](CC(C)C)C(=O)O[C@H](C)C(=O)N(C)[C@@H](CC(C)C)C(=O)O[C@H](Cc2ccc(Cn3ccc(-c4ccoc4)n3)cc2)C(=O)N(C)[C@@H](CC(C)C)C(=O)O[C@H](C)C(=O)N1C. The summed E-state index contributed by atoms with van der Waals surface area (Å²) in [6, 6.07) is 16.8. The quantitative estimate of drug-likeness (QED) is 0.0576. The van der Waals surface area contributed by atoms with Crippen LogP contribution in [0, 0.1) is 23.7 Å². The minimum Gasteiger partial charge on any atom is -0.472 e. The smallest absolute Gasteiger partial charge is 0.329 e. The Bertz CT molecular complexity index is 3130. The van der Waals surface area contributed by atoms with Crippen molar-refractivity contribution in [3.63, 3.8) is 0 Å². The van der Waals surface area contributed by atoms with Gasteiger partial charge in [0, 0.05) is 64.6 Å². The number of carbonyl (C=O) groups excluding carboxylic acids is 8. The number of esters is 4. The summed E-state index contributed by atoms with van der Waals surface area (Å²) < 4.78 is 38.4. The van der Waals surface area contributed by atoms with Gasteiger partial charge in [0.15, 0.2) is 24.4 Å². The summed E-state index contributed by atoms with van der Waals surface area (Å²) in [5.74, 6) is -7.60. The molecule has 1 saturated heterocycles. The first kappa shape index (κ1) is 68.7. The molecule has 1 aliphatic rings. The lowest BCUT2D eigenvalue weighted by atomic mass is 9.99. The standard InChI is InChI=1S/C68H88N8O14/c1-41(2)31-55-65(81)87-45(9)61(77)71(11)58(34-44(7)8)68(84)90-60(36-48-17-21-50(22-18-48)38-76-28-24-54(70-76)52-26-30-86-40-52)64(80)74(14)56(32-42(3)4)66(82)88-46(10)62(78)72(12)57(33-43(5)6)67(83)89-59(63(79)73(55)13)35-47-15-19-49(20-16-47)37-75-27-23-53(69-75)51-25-29-85-39-51/h15-30,39-46,55-60H,31-38H2,1-14H3/t45-,46-,55+,56+,57+,58+,59-,60-/m1/s1. The van der Waals surface area contributed by atoms with Crippen LogP contribution in [0.2, 0.25) is 0 Å². The number of carbonyl (C=O) groups is 8. The highest BCUT2D eigenvalue weighted by molar-refractivity contribution is 5.94. The number of hydrogen-bond donors (Lipinski definition) is 0. The molecule has 90 heavy (non-hydrogen) atoms. The summed E-state index contributed by atoms with van der Waals surface area (Å²) in [6.07, 6.45) is 3.89. The van der Waals surface area contributed by atoms with Gasteiger partial charge in [-0.1, -0.05) is 104 Å². The summed E-state index contributed by atoms with van der Waals surface area (Å²) in [5.41, 5.74) is 6.09. The Hall–Kier alpha value is -8.82. The van der Waals surface area contributed by atoms with E-state index in [1.807, 2.05) is 116 Å². The minimum atomic E-state index is -1.56. The topological polar surface area (TPSA) is 248 Å². The van der Waals surface area contributed by atoms with Gasteiger partial charge in [0.25, 0.3) is 23.6 Å². The second-order valence-corrected chi connectivity index (χ2v) is 25.2. The maximum atomic E-state index is 15.1. The van der Waals surface area contributed by atoms with Crippen LogP contribution in [0.25, 0.3) is 22.5 Å². The van der Waals surface area contributed by atoms with Gasteiger partial charge >= 0.3 is 23.9 Å². The normalized spacial score (nSPS) is 22.0. The molecule has 484 valence electrons. The summed E-state index contributed by atoms with van der Waals surface area (Å²) >= 11 is 0. The molecule has 0 radical (unpaired) electrons. The molecule has 1 fully saturated rings. The predicted molar refractivity (Wildman–Crippen MR) is 333 cm³/mol. The molecule has 2 aromatic carbocycles. The lowest BCUT2D eigenvalue weighted by Crippen LogP contribution is -2.55. The van der Waals surface area contributed by atoms with E-state index >= 15 is 9.59 Å². The molecular formula is C68H88N8O14. The van der Waals surface area contributed by atoms with Crippen molar-refractivity contribution in [1.29, 1.82) is 0 Å². The molecule has 0 bridgehead atoms. The Kier molecular flexibility index (Phi) is 23.7. The van der Waals surface area contributed by atoms with E-state index in [-0.39, 0.29) is 62.2 Å². The van der Waals surface area contributed by atoms with E-state index in [1.165, 1.54) is 42.0 Å². The summed E-state index contributed by atoms with van der Waals surface area (Å²) in [7, 11) is 5.56. The van der Waals surface area contributed by atoms with Gasteiger partial charge in [-0.3, -0.25) is 28.5 Å². The monoisotopic (exact) mass is 1240 g/mol. The van der Waals surface area contributed by atoms with Crippen molar-refractivity contribution in [3.8, 4) is 22.5 Å². The minimum absolute atomic E-state index is 0.0671. The molecule has 0 aliphatic carbocycles. The summed E-state index contributed by atoms with van der Waals surface area (Å²) in [5, 5.41) is 9.32. The molecule has 22 nitrogen and oxygen atoms in total. The van der Waals surface area contributed by atoms with Gasteiger partial charge in [-0.05, 0) is 110 Å². The zero-order valence-corrected chi connectivity index (χ0v) is 54.3. The van der Waals surface area contributed by atoms with Crippen LogP contribution in [-0.2, 0) is 83.2 Å². The number of cyclic esters (lactones) is 4. The number of nitrogens with zero attached hydrogens (tertiary/aromatic N) is 8. The maximum absolute atomic E-state index is 15.1. The van der Waals surface area contributed by atoms with Crippen LogP contribution in [0.1, 0.15) is 117 Å². The van der Waals surface area contributed by atoms with Gasteiger partial charge in [-0.25, -0.2) is 19.2 Å². The highest BCUT2D eigenvalue weighted by Crippen LogP contribution is 2.26. The van der Waals surface area contributed by atoms with Crippen molar-refractivity contribution < 1.29 is 66.1 Å². The number of ether oxygens (including phenoxy) is 4. The first-order chi connectivity index (χ1) is 42.7. The van der Waals surface area contributed by atoms with Gasteiger partial charge in [-0.2, -0.15) is 10.2 Å². The van der Waals surface area contributed by atoms with Crippen molar-refractivity contribution in [1.82, 2.24) is 39.2 Å². The van der Waals surface area contributed by atoms with Crippen LogP contribution in [0.4, 0.5) is 0 Å². The molecule has 4 amide bonds. The molecule has 0 unspecified atom stereocenters. The predicted octanol–water partition coefficient (Wildman–Crippen LogP) is 8.67. The Balaban J connectivity index is 1.22. The van der Waals surface area contributed by atoms with Crippen LogP contribution >= 0.6 is 0 Å². The molecule has 0 saturated carbocycles. The zero-order valence-electron chi connectivity index (χ0n) is 54.3. The van der Waals surface area contributed by atoms with Crippen molar-refractivity contribution in [2.45, 2.75) is 169 Å².